The number of carbonyl (C=O) groups excluding carboxylic acids is 2. The van der Waals surface area contributed by atoms with Gasteiger partial charge in [-0.1, -0.05) is 0 Å². The fourth-order valence-electron chi connectivity index (χ4n) is 4.82. The third-order valence-corrected chi connectivity index (χ3v) is 6.46. The van der Waals surface area contributed by atoms with Crippen LogP contribution in [0.15, 0.2) is 24.3 Å². The van der Waals surface area contributed by atoms with E-state index < -0.39 is 0 Å². The number of aromatic nitrogens is 3. The van der Waals surface area contributed by atoms with Gasteiger partial charge in [0.15, 0.2) is 0 Å². The van der Waals surface area contributed by atoms with Gasteiger partial charge in [0.25, 0.3) is 5.91 Å². The minimum Gasteiger partial charge on any atom is -0.497 e. The van der Waals surface area contributed by atoms with Gasteiger partial charge in [0, 0.05) is 44.8 Å². The summed E-state index contributed by atoms with van der Waals surface area (Å²) in [5.74, 6) is 2.31. The summed E-state index contributed by atoms with van der Waals surface area (Å²) in [5.41, 5.74) is 0.676. The molecule has 3 amide bonds. The van der Waals surface area contributed by atoms with Crippen LogP contribution in [0.3, 0.4) is 0 Å². The molecule has 158 valence electrons. The summed E-state index contributed by atoms with van der Waals surface area (Å²) in [5, 5.41) is 11.3. The molecule has 2 aromatic rings. The second-order valence-electron chi connectivity index (χ2n) is 8.34. The third-order valence-electron chi connectivity index (χ3n) is 6.46. The van der Waals surface area contributed by atoms with Crippen molar-refractivity contribution >= 4 is 17.6 Å². The molecule has 2 fully saturated rings. The fourth-order valence-corrected chi connectivity index (χ4v) is 4.82. The molecule has 9 heteroatoms. The molecule has 0 radical (unpaired) electrons. The first-order valence-electron chi connectivity index (χ1n) is 10.5. The average Bonchev–Trinajstić information content (AvgIpc) is 3.51. The van der Waals surface area contributed by atoms with E-state index in [9.17, 15) is 9.59 Å². The van der Waals surface area contributed by atoms with E-state index in [-0.39, 0.29) is 11.9 Å². The van der Waals surface area contributed by atoms with E-state index in [1.165, 1.54) is 0 Å². The zero-order chi connectivity index (χ0) is 20.7. The quantitative estimate of drug-likeness (QED) is 0.834. The van der Waals surface area contributed by atoms with Crippen LogP contribution in [0.25, 0.3) is 0 Å². The summed E-state index contributed by atoms with van der Waals surface area (Å²) < 4.78 is 7.07. The molecule has 2 saturated heterocycles. The Morgan fingerprint density at radius 1 is 1.00 bits per heavy atom. The van der Waals surface area contributed by atoms with Crippen molar-refractivity contribution < 1.29 is 14.3 Å². The molecular formula is C21H26N6O3. The number of fused-ring (bicyclic) bond motifs is 2. The number of methoxy groups -OCH3 is 1. The molecule has 1 N–H and O–H groups in total. The molecule has 0 aliphatic carbocycles. The second-order valence-corrected chi connectivity index (χ2v) is 8.34. The van der Waals surface area contributed by atoms with Crippen molar-refractivity contribution in [2.75, 3.05) is 38.6 Å². The fraction of sp³-hybridized carbons (Fsp3) is 0.524. The number of hydrogen-bond acceptors (Lipinski definition) is 5. The maximum Gasteiger partial charge on any atom is 0.320 e. The molecular weight excluding hydrogens is 384 g/mol. The molecule has 3 aliphatic rings. The number of ether oxygens (including phenoxy) is 1. The number of carbonyl (C=O) groups is 2. The first-order valence-corrected chi connectivity index (χ1v) is 10.5. The largest absolute Gasteiger partial charge is 0.497 e. The van der Waals surface area contributed by atoms with Crippen molar-refractivity contribution in [2.24, 2.45) is 11.8 Å². The standard InChI is InChI=1S/C21H26N6O3/c1-30-17-6-4-16(5-7-17)22-20(28)19-24-23-18-10-14-11-26(12-15(14)13-27(18)19)21(29)25-8-2-3-9-25/h4-7,14-15H,2-3,8-13H2,1H3,(H,22,28)/t14-,15-/m0/s1. The van der Waals surface area contributed by atoms with Crippen molar-refractivity contribution in [1.29, 1.82) is 0 Å². The van der Waals surface area contributed by atoms with Crippen LogP contribution in [0.2, 0.25) is 0 Å². The number of amides is 3. The summed E-state index contributed by atoms with van der Waals surface area (Å²) in [6.07, 6.45) is 2.94. The highest BCUT2D eigenvalue weighted by atomic mass is 16.5. The van der Waals surface area contributed by atoms with Gasteiger partial charge in [-0.25, -0.2) is 4.79 Å². The van der Waals surface area contributed by atoms with Gasteiger partial charge < -0.3 is 24.4 Å². The van der Waals surface area contributed by atoms with Gasteiger partial charge >= 0.3 is 6.03 Å². The second kappa shape index (κ2) is 7.62. The normalized spacial score (nSPS) is 22.6. The molecule has 4 heterocycles. The van der Waals surface area contributed by atoms with E-state index in [2.05, 4.69) is 15.5 Å². The molecule has 0 unspecified atom stereocenters. The van der Waals surface area contributed by atoms with Gasteiger partial charge in [0.1, 0.15) is 11.6 Å². The first kappa shape index (κ1) is 18.9. The molecule has 0 bridgehead atoms. The van der Waals surface area contributed by atoms with E-state index >= 15 is 0 Å². The lowest BCUT2D eigenvalue weighted by Crippen LogP contribution is -2.40. The lowest BCUT2D eigenvalue weighted by atomic mass is 9.89. The Balaban J connectivity index is 1.27. The van der Waals surface area contributed by atoms with Crippen LogP contribution >= 0.6 is 0 Å². The molecule has 1 aromatic heterocycles. The highest BCUT2D eigenvalue weighted by Crippen LogP contribution is 2.33. The lowest BCUT2D eigenvalue weighted by molar-refractivity contribution is 0.100. The van der Waals surface area contributed by atoms with E-state index in [1.54, 1.807) is 31.4 Å². The van der Waals surface area contributed by atoms with Crippen molar-refractivity contribution in [3.8, 4) is 5.75 Å². The minimum atomic E-state index is -0.277. The predicted molar refractivity (Wildman–Crippen MR) is 109 cm³/mol. The van der Waals surface area contributed by atoms with E-state index in [1.807, 2.05) is 14.4 Å². The monoisotopic (exact) mass is 410 g/mol. The van der Waals surface area contributed by atoms with Crippen molar-refractivity contribution in [3.05, 3.63) is 35.9 Å². The van der Waals surface area contributed by atoms with Gasteiger partial charge in [0.05, 0.1) is 7.11 Å². The Labute approximate surface area is 175 Å². The molecule has 5 rings (SSSR count). The van der Waals surface area contributed by atoms with Crippen molar-refractivity contribution in [1.82, 2.24) is 24.6 Å². The van der Waals surface area contributed by atoms with E-state index in [0.29, 0.717) is 29.9 Å². The minimum absolute atomic E-state index is 0.162. The van der Waals surface area contributed by atoms with Crippen molar-refractivity contribution in [3.63, 3.8) is 0 Å². The summed E-state index contributed by atoms with van der Waals surface area (Å²) in [6, 6.07) is 7.33. The maximum atomic E-state index is 12.8. The Hall–Kier alpha value is -3.10. The van der Waals surface area contributed by atoms with Crippen molar-refractivity contribution in [2.45, 2.75) is 25.8 Å². The first-order chi connectivity index (χ1) is 14.6. The Morgan fingerprint density at radius 2 is 1.73 bits per heavy atom. The number of hydrogen-bond donors (Lipinski definition) is 1. The van der Waals surface area contributed by atoms with E-state index in [0.717, 1.165) is 57.0 Å². The highest BCUT2D eigenvalue weighted by Gasteiger charge is 2.41. The van der Waals surface area contributed by atoms with Crippen LogP contribution < -0.4 is 10.1 Å². The van der Waals surface area contributed by atoms with E-state index in [4.69, 9.17) is 4.74 Å². The molecule has 30 heavy (non-hydrogen) atoms. The number of anilines is 1. The molecule has 1 aromatic carbocycles. The average molecular weight is 410 g/mol. The van der Waals surface area contributed by atoms with Crippen LogP contribution in [-0.4, -0.2) is 69.8 Å². The van der Waals surface area contributed by atoms with Crippen LogP contribution in [0.5, 0.6) is 5.75 Å². The number of nitrogens with zero attached hydrogens (tertiary/aromatic N) is 5. The Kier molecular flexibility index (Phi) is 4.80. The highest BCUT2D eigenvalue weighted by molar-refractivity contribution is 6.01. The van der Waals surface area contributed by atoms with Gasteiger partial charge in [-0.3, -0.25) is 4.79 Å². The summed E-state index contributed by atoms with van der Waals surface area (Å²) in [6.45, 7) is 3.90. The molecule has 3 aliphatic heterocycles. The lowest BCUT2D eigenvalue weighted by Gasteiger charge is -2.25. The number of rotatable bonds is 3. The molecule has 9 nitrogen and oxygen atoms in total. The smallest absolute Gasteiger partial charge is 0.320 e. The summed E-state index contributed by atoms with van der Waals surface area (Å²) >= 11 is 0. The van der Waals surface area contributed by atoms with Crippen LogP contribution in [0.4, 0.5) is 10.5 Å². The third kappa shape index (κ3) is 3.38. The Bertz CT molecular complexity index is 950. The zero-order valence-corrected chi connectivity index (χ0v) is 17.1. The number of likely N-dealkylation sites (tertiary alicyclic amines) is 2. The number of urea groups is 1. The predicted octanol–water partition coefficient (Wildman–Crippen LogP) is 1.86. The molecule has 2 atom stereocenters. The summed E-state index contributed by atoms with van der Waals surface area (Å²) in [4.78, 5) is 29.5. The number of benzene rings is 1. The maximum absolute atomic E-state index is 12.8. The SMILES string of the molecule is COc1ccc(NC(=O)c2nnc3n2C[C@@H]2CN(C(=O)N4CCCC4)C[C@@H]2C3)cc1. The molecule has 0 spiro atoms. The van der Waals surface area contributed by atoms with Crippen LogP contribution in [0.1, 0.15) is 29.3 Å². The molecule has 0 saturated carbocycles. The van der Waals surface area contributed by atoms with Gasteiger partial charge in [-0.2, -0.15) is 0 Å². The van der Waals surface area contributed by atoms with Gasteiger partial charge in [0.2, 0.25) is 5.82 Å². The summed E-state index contributed by atoms with van der Waals surface area (Å²) in [7, 11) is 1.60. The van der Waals surface area contributed by atoms with Crippen LogP contribution in [0, 0.1) is 11.8 Å². The topological polar surface area (TPSA) is 92.6 Å². The number of nitrogens with one attached hydrogen (secondary N) is 1. The Morgan fingerprint density at radius 3 is 2.47 bits per heavy atom. The van der Waals surface area contributed by atoms with Crippen LogP contribution in [-0.2, 0) is 13.0 Å². The van der Waals surface area contributed by atoms with Gasteiger partial charge in [-0.15, -0.1) is 10.2 Å². The van der Waals surface area contributed by atoms with Gasteiger partial charge in [-0.05, 0) is 48.9 Å². The zero-order valence-electron chi connectivity index (χ0n) is 17.1.